The monoisotopic (exact) mass is 823 g/mol. The predicted octanol–water partition coefficient (Wildman–Crippen LogP) is 17.4. The van der Waals surface area contributed by atoms with Crippen molar-refractivity contribution in [2.45, 2.75) is 303 Å². The molecule has 346 valence electrons. The van der Waals surface area contributed by atoms with Crippen LogP contribution in [0.25, 0.3) is 0 Å². The summed E-state index contributed by atoms with van der Waals surface area (Å²) in [7, 11) is 0. The molecule has 0 aliphatic heterocycles. The molecule has 6 nitrogen and oxygen atoms in total. The molecule has 0 heterocycles. The highest BCUT2D eigenvalue weighted by molar-refractivity contribution is 5.70. The van der Waals surface area contributed by atoms with E-state index in [2.05, 4.69) is 20.8 Å². The second-order valence-electron chi connectivity index (χ2n) is 17.5. The molecule has 0 bridgehead atoms. The Kier molecular flexibility index (Phi) is 53.9. The van der Waals surface area contributed by atoms with Crippen LogP contribution in [0.15, 0.2) is 0 Å². The molecule has 0 rings (SSSR count). The minimum atomic E-state index is -0.653. The number of hydrogen-bond donors (Lipinski definition) is 1. The number of hydrogen-bond acceptors (Lipinski definition) is 5. The molecular formula is C52H102O6. The van der Waals surface area contributed by atoms with Gasteiger partial charge in [-0.1, -0.05) is 265 Å². The average molecular weight is 823 g/mol. The number of unbranched alkanes of at least 4 members (excludes halogenated alkanes) is 38. The van der Waals surface area contributed by atoms with Crippen molar-refractivity contribution in [3.63, 3.8) is 0 Å². The summed E-state index contributed by atoms with van der Waals surface area (Å²) in [6.07, 6.45) is 54.9. The molecule has 0 aliphatic carbocycles. The quantitative estimate of drug-likeness (QED) is 0.0486. The highest BCUT2D eigenvalue weighted by Gasteiger charge is 2.06. The molecule has 0 aromatic carbocycles. The summed E-state index contributed by atoms with van der Waals surface area (Å²) in [6.45, 7) is 7.17. The highest BCUT2D eigenvalue weighted by atomic mass is 16.6. The molecule has 0 aliphatic rings. The Hall–Kier alpha value is -1.59. The molecular weight excluding hydrogens is 721 g/mol. The van der Waals surface area contributed by atoms with Crippen molar-refractivity contribution in [3.05, 3.63) is 0 Å². The topological polar surface area (TPSA) is 89.9 Å². The Morgan fingerprint density at radius 2 is 0.448 bits per heavy atom. The number of carboxylic acids is 1. The second-order valence-corrected chi connectivity index (χ2v) is 17.5. The van der Waals surface area contributed by atoms with E-state index in [4.69, 9.17) is 14.6 Å². The molecule has 0 atom stereocenters. The Bertz CT molecular complexity index is 770. The Morgan fingerprint density at radius 1 is 0.276 bits per heavy atom. The lowest BCUT2D eigenvalue weighted by Gasteiger charge is -2.07. The van der Waals surface area contributed by atoms with Crippen LogP contribution in [0.1, 0.15) is 303 Å². The first kappa shape index (κ1) is 58.5. The molecule has 0 fully saturated rings. The van der Waals surface area contributed by atoms with Gasteiger partial charge in [-0.3, -0.25) is 14.4 Å². The molecule has 0 aromatic rings. The summed E-state index contributed by atoms with van der Waals surface area (Å²) in [6, 6.07) is 0. The van der Waals surface area contributed by atoms with Crippen LogP contribution in [0, 0.1) is 0 Å². The van der Waals surface area contributed by atoms with Gasteiger partial charge in [0.2, 0.25) is 0 Å². The number of carbonyl (C=O) groups excluding carboxylic acids is 2. The van der Waals surface area contributed by atoms with Crippen LogP contribution in [0.5, 0.6) is 0 Å². The van der Waals surface area contributed by atoms with Gasteiger partial charge in [0.25, 0.3) is 0 Å². The van der Waals surface area contributed by atoms with Crippen LogP contribution in [-0.4, -0.2) is 36.2 Å². The maximum absolute atomic E-state index is 11.8. The predicted molar refractivity (Wildman–Crippen MR) is 250 cm³/mol. The van der Waals surface area contributed by atoms with Crippen molar-refractivity contribution in [2.75, 3.05) is 13.2 Å². The Labute approximate surface area is 362 Å². The van der Waals surface area contributed by atoms with E-state index in [1.165, 1.54) is 225 Å². The third-order valence-electron chi connectivity index (χ3n) is 11.6. The van der Waals surface area contributed by atoms with Crippen molar-refractivity contribution in [1.29, 1.82) is 0 Å². The number of esters is 2. The molecule has 0 aromatic heterocycles. The van der Waals surface area contributed by atoms with Gasteiger partial charge < -0.3 is 14.6 Å². The summed E-state index contributed by atoms with van der Waals surface area (Å²) in [5.41, 5.74) is 0. The molecule has 6 heteroatoms. The molecule has 0 saturated carbocycles. The largest absolute Gasteiger partial charge is 0.481 e. The number of aliphatic carboxylic acids is 1. The molecule has 0 amide bonds. The minimum Gasteiger partial charge on any atom is -0.481 e. The number of carboxylic acid groups (broad SMARTS) is 1. The lowest BCUT2D eigenvalue weighted by Crippen LogP contribution is -2.13. The first-order valence-electron chi connectivity index (χ1n) is 26.0. The van der Waals surface area contributed by atoms with Crippen LogP contribution in [0.3, 0.4) is 0 Å². The van der Waals surface area contributed by atoms with Gasteiger partial charge in [-0.25, -0.2) is 0 Å². The third-order valence-corrected chi connectivity index (χ3v) is 11.6. The molecule has 0 radical (unpaired) electrons. The summed E-state index contributed by atoms with van der Waals surface area (Å²) in [5.74, 6) is -0.985. The Morgan fingerprint density at radius 3 is 0.638 bits per heavy atom. The zero-order valence-electron chi connectivity index (χ0n) is 39.5. The van der Waals surface area contributed by atoms with E-state index >= 15 is 0 Å². The summed E-state index contributed by atoms with van der Waals surface area (Å²) >= 11 is 0. The number of carbonyl (C=O) groups is 3. The first-order valence-corrected chi connectivity index (χ1v) is 26.0. The number of ether oxygens (including phenoxy) is 2. The van der Waals surface area contributed by atoms with Crippen molar-refractivity contribution in [2.24, 2.45) is 0 Å². The van der Waals surface area contributed by atoms with Crippen LogP contribution in [0.2, 0.25) is 0 Å². The summed E-state index contributed by atoms with van der Waals surface area (Å²) < 4.78 is 10.4. The van der Waals surface area contributed by atoms with E-state index < -0.39 is 5.97 Å². The molecule has 0 unspecified atom stereocenters. The van der Waals surface area contributed by atoms with Gasteiger partial charge in [0.15, 0.2) is 0 Å². The molecule has 1 N–H and O–H groups in total. The van der Waals surface area contributed by atoms with Gasteiger partial charge in [0, 0.05) is 19.3 Å². The molecule has 0 spiro atoms. The van der Waals surface area contributed by atoms with Crippen molar-refractivity contribution >= 4 is 17.9 Å². The van der Waals surface area contributed by atoms with Crippen molar-refractivity contribution in [3.8, 4) is 0 Å². The van der Waals surface area contributed by atoms with Crippen molar-refractivity contribution in [1.82, 2.24) is 0 Å². The first-order chi connectivity index (χ1) is 28.5. The van der Waals surface area contributed by atoms with Crippen LogP contribution in [0.4, 0.5) is 0 Å². The van der Waals surface area contributed by atoms with E-state index in [0.29, 0.717) is 19.3 Å². The normalized spacial score (nSPS) is 11.0. The van der Waals surface area contributed by atoms with Crippen LogP contribution >= 0.6 is 0 Å². The van der Waals surface area contributed by atoms with Crippen LogP contribution < -0.4 is 0 Å². The van der Waals surface area contributed by atoms with Gasteiger partial charge in [0.1, 0.15) is 13.2 Å². The van der Waals surface area contributed by atoms with Gasteiger partial charge >= 0.3 is 17.9 Å². The fraction of sp³-hybridized carbons (Fsp3) is 0.942. The smallest absolute Gasteiger partial charge is 0.305 e. The second kappa shape index (κ2) is 53.4. The average Bonchev–Trinajstić information content (AvgIpc) is 3.21. The summed E-state index contributed by atoms with van der Waals surface area (Å²) in [4.78, 5) is 34.0. The van der Waals surface area contributed by atoms with Crippen LogP contribution in [-0.2, 0) is 23.9 Å². The zero-order valence-corrected chi connectivity index (χ0v) is 39.5. The Balaban J connectivity index is 0. The lowest BCUT2D eigenvalue weighted by molar-refractivity contribution is -0.152. The lowest BCUT2D eigenvalue weighted by atomic mass is 10.0. The third kappa shape index (κ3) is 56.5. The van der Waals surface area contributed by atoms with Gasteiger partial charge in [-0.15, -0.1) is 0 Å². The summed E-state index contributed by atoms with van der Waals surface area (Å²) in [5, 5.41) is 8.52. The van der Waals surface area contributed by atoms with E-state index in [1.54, 1.807) is 0 Å². The fourth-order valence-corrected chi connectivity index (χ4v) is 7.68. The zero-order chi connectivity index (χ0) is 42.7. The molecule has 0 saturated heterocycles. The maximum atomic E-state index is 11.8. The van der Waals surface area contributed by atoms with E-state index in [9.17, 15) is 14.4 Å². The minimum absolute atomic E-state index is 0.166. The van der Waals surface area contributed by atoms with Gasteiger partial charge in [0.05, 0.1) is 0 Å². The fourth-order valence-electron chi connectivity index (χ4n) is 7.68. The van der Waals surface area contributed by atoms with Crippen molar-refractivity contribution < 1.29 is 29.0 Å². The molecule has 58 heavy (non-hydrogen) atoms. The SMILES string of the molecule is CCCCCCCCCCCCCCCC(=O)OCCOC(=O)CCCCCCCCCCCCCCC.CCCCCCCCCCCCCCCCCC(=O)O. The van der Waals surface area contributed by atoms with Gasteiger partial charge in [-0.05, 0) is 19.3 Å². The van der Waals surface area contributed by atoms with Gasteiger partial charge in [-0.2, -0.15) is 0 Å². The number of rotatable bonds is 47. The maximum Gasteiger partial charge on any atom is 0.305 e. The standard InChI is InChI=1S/C34H66O4.C18H36O2/c1-3-5-7-9-11-13-15-17-19-21-23-25-27-29-33(35)37-31-32-38-34(36)30-28-26-24-22-20-18-16-14-12-10-8-6-4-2;1-2-3-4-5-6-7-8-9-10-11-12-13-14-15-16-17-18(19)20/h3-32H2,1-2H3;2-17H2,1H3,(H,19,20). The highest BCUT2D eigenvalue weighted by Crippen LogP contribution is 2.16. The van der Waals surface area contributed by atoms with E-state index in [0.717, 1.165) is 38.5 Å². The van der Waals surface area contributed by atoms with E-state index in [1.807, 2.05) is 0 Å². The van der Waals surface area contributed by atoms with E-state index in [-0.39, 0.29) is 25.2 Å².